The van der Waals surface area contributed by atoms with Gasteiger partial charge in [0.2, 0.25) is 5.91 Å². The highest BCUT2D eigenvalue weighted by Gasteiger charge is 2.24. The minimum absolute atomic E-state index is 0.0289. The standard InChI is InChI=1S/C16H25ClN4O/c1-3-8-20-9-5-10-21(12-11-20)13(2)16(22)19-14-6-4-7-18-15(14)17/h4,6-7,13H,3,5,8-12H2,1-2H3,(H,19,22)/t13-/m1/s1. The number of pyridine rings is 1. The number of rotatable bonds is 5. The van der Waals surface area contributed by atoms with E-state index in [0.717, 1.165) is 39.1 Å². The van der Waals surface area contributed by atoms with Crippen LogP contribution in [0.2, 0.25) is 5.15 Å². The summed E-state index contributed by atoms with van der Waals surface area (Å²) >= 11 is 5.99. The molecule has 2 heterocycles. The zero-order valence-electron chi connectivity index (χ0n) is 13.4. The van der Waals surface area contributed by atoms with Crippen molar-refractivity contribution >= 4 is 23.2 Å². The molecule has 0 spiro atoms. The first-order chi connectivity index (χ1) is 10.6. The summed E-state index contributed by atoms with van der Waals surface area (Å²) in [4.78, 5) is 21.1. The quantitative estimate of drug-likeness (QED) is 0.845. The van der Waals surface area contributed by atoms with E-state index in [9.17, 15) is 4.79 Å². The van der Waals surface area contributed by atoms with Crippen LogP contribution in [-0.2, 0) is 4.79 Å². The summed E-state index contributed by atoms with van der Waals surface area (Å²) in [5.74, 6) is -0.0289. The van der Waals surface area contributed by atoms with E-state index in [4.69, 9.17) is 11.6 Å². The molecular weight excluding hydrogens is 300 g/mol. The van der Waals surface area contributed by atoms with E-state index in [1.54, 1.807) is 18.3 Å². The molecule has 122 valence electrons. The Hall–Kier alpha value is -1.17. The average Bonchev–Trinajstić information content (AvgIpc) is 2.75. The number of hydrogen-bond acceptors (Lipinski definition) is 4. The van der Waals surface area contributed by atoms with E-state index in [1.807, 2.05) is 6.92 Å². The lowest BCUT2D eigenvalue weighted by Gasteiger charge is -2.27. The minimum Gasteiger partial charge on any atom is -0.322 e. The molecule has 1 aliphatic heterocycles. The van der Waals surface area contributed by atoms with Gasteiger partial charge in [0.15, 0.2) is 5.15 Å². The summed E-state index contributed by atoms with van der Waals surface area (Å²) in [7, 11) is 0. The molecule has 6 heteroatoms. The third kappa shape index (κ3) is 4.66. The molecule has 0 aliphatic carbocycles. The van der Waals surface area contributed by atoms with Crippen molar-refractivity contribution in [1.82, 2.24) is 14.8 Å². The summed E-state index contributed by atoms with van der Waals surface area (Å²) in [6.45, 7) is 9.32. The summed E-state index contributed by atoms with van der Waals surface area (Å²) in [5, 5.41) is 3.20. The van der Waals surface area contributed by atoms with Gasteiger partial charge in [-0.25, -0.2) is 4.98 Å². The lowest BCUT2D eigenvalue weighted by atomic mass is 10.2. The highest BCUT2D eigenvalue weighted by atomic mass is 35.5. The van der Waals surface area contributed by atoms with Gasteiger partial charge in [-0.15, -0.1) is 0 Å². The van der Waals surface area contributed by atoms with E-state index in [-0.39, 0.29) is 11.9 Å². The van der Waals surface area contributed by atoms with Crippen molar-refractivity contribution < 1.29 is 4.79 Å². The molecule has 1 aromatic rings. The largest absolute Gasteiger partial charge is 0.322 e. The molecular formula is C16H25ClN4O. The summed E-state index contributed by atoms with van der Waals surface area (Å²) in [6.07, 6.45) is 3.89. The van der Waals surface area contributed by atoms with Crippen molar-refractivity contribution in [3.05, 3.63) is 23.5 Å². The van der Waals surface area contributed by atoms with Crippen molar-refractivity contribution in [2.45, 2.75) is 32.7 Å². The molecule has 0 aromatic carbocycles. The fourth-order valence-corrected chi connectivity index (χ4v) is 2.97. The Morgan fingerprint density at radius 3 is 2.95 bits per heavy atom. The number of halogens is 1. The van der Waals surface area contributed by atoms with Crippen molar-refractivity contribution in [3.63, 3.8) is 0 Å². The maximum atomic E-state index is 12.4. The minimum atomic E-state index is -0.169. The number of amides is 1. The summed E-state index contributed by atoms with van der Waals surface area (Å²) < 4.78 is 0. The van der Waals surface area contributed by atoms with Crippen molar-refractivity contribution in [3.8, 4) is 0 Å². The van der Waals surface area contributed by atoms with Gasteiger partial charge in [0.1, 0.15) is 0 Å². The zero-order chi connectivity index (χ0) is 15.9. The third-order valence-electron chi connectivity index (χ3n) is 4.11. The Morgan fingerprint density at radius 1 is 1.41 bits per heavy atom. The Kier molecular flexibility index (Phi) is 6.61. The molecule has 1 aliphatic rings. The van der Waals surface area contributed by atoms with Crippen LogP contribution in [0, 0.1) is 0 Å². The van der Waals surface area contributed by atoms with E-state index in [1.165, 1.54) is 6.42 Å². The first kappa shape index (κ1) is 17.2. The molecule has 1 fully saturated rings. The monoisotopic (exact) mass is 324 g/mol. The number of aromatic nitrogens is 1. The van der Waals surface area contributed by atoms with Gasteiger partial charge in [0.05, 0.1) is 11.7 Å². The van der Waals surface area contributed by atoms with Crippen LogP contribution < -0.4 is 5.32 Å². The lowest BCUT2D eigenvalue weighted by Crippen LogP contribution is -2.44. The highest BCUT2D eigenvalue weighted by Crippen LogP contribution is 2.18. The van der Waals surface area contributed by atoms with Gasteiger partial charge in [0.25, 0.3) is 0 Å². The van der Waals surface area contributed by atoms with Gasteiger partial charge in [-0.2, -0.15) is 0 Å². The van der Waals surface area contributed by atoms with Gasteiger partial charge >= 0.3 is 0 Å². The van der Waals surface area contributed by atoms with E-state index >= 15 is 0 Å². The Balaban J connectivity index is 1.91. The maximum Gasteiger partial charge on any atom is 0.241 e. The third-order valence-corrected chi connectivity index (χ3v) is 4.41. The topological polar surface area (TPSA) is 48.5 Å². The van der Waals surface area contributed by atoms with Crippen LogP contribution in [0.25, 0.3) is 0 Å². The molecule has 1 saturated heterocycles. The number of anilines is 1. The van der Waals surface area contributed by atoms with Crippen LogP contribution in [0.4, 0.5) is 5.69 Å². The van der Waals surface area contributed by atoms with Crippen molar-refractivity contribution in [1.29, 1.82) is 0 Å². The molecule has 0 bridgehead atoms. The molecule has 1 aromatic heterocycles. The Morgan fingerprint density at radius 2 is 2.23 bits per heavy atom. The van der Waals surface area contributed by atoms with Crippen LogP contribution in [0.15, 0.2) is 18.3 Å². The zero-order valence-corrected chi connectivity index (χ0v) is 14.1. The maximum absolute atomic E-state index is 12.4. The molecule has 0 unspecified atom stereocenters. The Labute approximate surface area is 137 Å². The van der Waals surface area contributed by atoms with Crippen LogP contribution >= 0.6 is 11.6 Å². The number of nitrogens with one attached hydrogen (secondary N) is 1. The number of carbonyl (C=O) groups excluding carboxylic acids is 1. The van der Waals surface area contributed by atoms with Crippen LogP contribution in [0.3, 0.4) is 0 Å². The van der Waals surface area contributed by atoms with Crippen LogP contribution in [-0.4, -0.2) is 59.5 Å². The van der Waals surface area contributed by atoms with Gasteiger partial charge in [-0.3, -0.25) is 9.69 Å². The highest BCUT2D eigenvalue weighted by molar-refractivity contribution is 6.32. The van der Waals surface area contributed by atoms with Gasteiger partial charge in [0, 0.05) is 25.8 Å². The predicted molar refractivity (Wildman–Crippen MR) is 90.3 cm³/mol. The van der Waals surface area contributed by atoms with E-state index < -0.39 is 0 Å². The summed E-state index contributed by atoms with van der Waals surface area (Å²) in [6, 6.07) is 3.37. The molecule has 22 heavy (non-hydrogen) atoms. The second-order valence-corrected chi connectivity index (χ2v) is 6.10. The van der Waals surface area contributed by atoms with Gasteiger partial charge < -0.3 is 10.2 Å². The lowest BCUT2D eigenvalue weighted by molar-refractivity contribution is -0.120. The normalized spacial score (nSPS) is 18.7. The molecule has 2 rings (SSSR count). The smallest absolute Gasteiger partial charge is 0.241 e. The van der Waals surface area contributed by atoms with Crippen LogP contribution in [0.1, 0.15) is 26.7 Å². The number of nitrogens with zero attached hydrogens (tertiary/aromatic N) is 3. The second kappa shape index (κ2) is 8.46. The summed E-state index contributed by atoms with van der Waals surface area (Å²) in [5.41, 5.74) is 0.573. The molecule has 1 N–H and O–H groups in total. The SMILES string of the molecule is CCCN1CCCN([C@H](C)C(=O)Nc2cccnc2Cl)CC1. The van der Waals surface area contributed by atoms with Gasteiger partial charge in [-0.05, 0) is 45.0 Å². The predicted octanol–water partition coefficient (Wildman–Crippen LogP) is 2.48. The first-order valence-electron chi connectivity index (χ1n) is 7.99. The van der Waals surface area contributed by atoms with E-state index in [0.29, 0.717) is 10.8 Å². The van der Waals surface area contributed by atoms with Gasteiger partial charge in [-0.1, -0.05) is 18.5 Å². The Bertz CT molecular complexity index is 497. The fraction of sp³-hybridized carbons (Fsp3) is 0.625. The van der Waals surface area contributed by atoms with Crippen molar-refractivity contribution in [2.75, 3.05) is 38.0 Å². The van der Waals surface area contributed by atoms with E-state index in [2.05, 4.69) is 27.0 Å². The van der Waals surface area contributed by atoms with Crippen molar-refractivity contribution in [2.24, 2.45) is 0 Å². The molecule has 0 saturated carbocycles. The van der Waals surface area contributed by atoms with Crippen LogP contribution in [0.5, 0.6) is 0 Å². The number of carbonyl (C=O) groups is 1. The fourth-order valence-electron chi connectivity index (χ4n) is 2.80. The molecule has 1 atom stereocenters. The molecule has 5 nitrogen and oxygen atoms in total. The average molecular weight is 325 g/mol. The second-order valence-electron chi connectivity index (χ2n) is 5.74. The molecule has 1 amide bonds. The first-order valence-corrected chi connectivity index (χ1v) is 8.37. The number of hydrogen-bond donors (Lipinski definition) is 1. The molecule has 0 radical (unpaired) electrons.